The third-order valence-corrected chi connectivity index (χ3v) is 4.26. The number of nitrogens with one attached hydrogen (secondary N) is 1. The van der Waals surface area contributed by atoms with Gasteiger partial charge in [0.1, 0.15) is 0 Å². The van der Waals surface area contributed by atoms with E-state index in [-0.39, 0.29) is 6.03 Å². The molecule has 3 fully saturated rings. The first kappa shape index (κ1) is 16.2. The van der Waals surface area contributed by atoms with Crippen molar-refractivity contribution in [3.8, 4) is 0 Å². The van der Waals surface area contributed by atoms with Gasteiger partial charge in [-0.25, -0.2) is 4.79 Å². The van der Waals surface area contributed by atoms with Gasteiger partial charge in [-0.2, -0.15) is 0 Å². The van der Waals surface area contributed by atoms with Crippen molar-refractivity contribution in [1.82, 2.24) is 4.90 Å². The molecule has 1 saturated carbocycles. The molecule has 2 aliphatic heterocycles. The van der Waals surface area contributed by atoms with Gasteiger partial charge in [-0.05, 0) is 49.4 Å². The molecule has 2 bridgehead atoms. The number of nitrogens with zero attached hydrogens (tertiary/aromatic N) is 1. The van der Waals surface area contributed by atoms with E-state index in [4.69, 9.17) is 11.6 Å². The molecule has 2 amide bonds. The molecule has 21 heavy (non-hydrogen) atoms. The Morgan fingerprint density at radius 3 is 2.24 bits per heavy atom. The molecule has 2 saturated heterocycles. The zero-order chi connectivity index (χ0) is 15.4. The third-order valence-electron chi connectivity index (χ3n) is 4.01. The molecule has 4 heteroatoms. The van der Waals surface area contributed by atoms with E-state index in [1.54, 1.807) is 12.1 Å². The molecule has 0 aromatic heterocycles. The predicted octanol–water partition coefficient (Wildman–Crippen LogP) is 5.16. The molecule has 4 rings (SSSR count). The van der Waals surface area contributed by atoms with Gasteiger partial charge in [-0.3, -0.25) is 0 Å². The lowest BCUT2D eigenvalue weighted by Crippen LogP contribution is -2.63. The second-order valence-electron chi connectivity index (χ2n) is 6.17. The molecule has 1 N–H and O–H groups in total. The number of hydrogen-bond acceptors (Lipinski definition) is 1. The Labute approximate surface area is 132 Å². The highest BCUT2D eigenvalue weighted by molar-refractivity contribution is 6.30. The summed E-state index contributed by atoms with van der Waals surface area (Å²) in [6, 6.07) is 8.17. The molecule has 3 atom stereocenters. The Morgan fingerprint density at radius 2 is 1.71 bits per heavy atom. The van der Waals surface area contributed by atoms with Crippen LogP contribution in [0.4, 0.5) is 10.5 Å². The molecule has 116 valence electrons. The van der Waals surface area contributed by atoms with E-state index >= 15 is 0 Å². The minimum atomic E-state index is 0.0328. The van der Waals surface area contributed by atoms with Crippen molar-refractivity contribution < 1.29 is 4.79 Å². The molecule has 2 heterocycles. The molecular weight excluding hydrogens is 284 g/mol. The fourth-order valence-electron chi connectivity index (χ4n) is 3.20. The number of halogens is 1. The van der Waals surface area contributed by atoms with Gasteiger partial charge in [0, 0.05) is 22.8 Å². The number of fused-ring (bicyclic) bond motifs is 2. The molecule has 0 radical (unpaired) electrons. The number of benzene rings is 1. The molecule has 3 aliphatic rings. The zero-order valence-corrected chi connectivity index (χ0v) is 13.9. The van der Waals surface area contributed by atoms with Gasteiger partial charge in [-0.15, -0.1) is 0 Å². The van der Waals surface area contributed by atoms with Crippen LogP contribution in [0, 0.1) is 5.92 Å². The normalized spacial score (nSPS) is 26.3. The number of carbonyl (C=O) groups excluding carboxylic acids is 1. The first-order valence-electron chi connectivity index (χ1n) is 7.90. The van der Waals surface area contributed by atoms with E-state index in [0.29, 0.717) is 17.1 Å². The van der Waals surface area contributed by atoms with Gasteiger partial charge in [0.25, 0.3) is 0 Å². The van der Waals surface area contributed by atoms with Crippen LogP contribution in [0.3, 0.4) is 0 Å². The molecular formula is C17H25ClN2O. The SMILES string of the molecule is CC1CC2C[C@@H](C1)N2C(=O)Nc1ccc(Cl)cc1.CCC. The summed E-state index contributed by atoms with van der Waals surface area (Å²) in [6.07, 6.45) is 4.72. The molecule has 3 nitrogen and oxygen atoms in total. The summed E-state index contributed by atoms with van der Waals surface area (Å²) in [5.74, 6) is 0.758. The Balaban J connectivity index is 0.000000497. The van der Waals surface area contributed by atoms with E-state index in [1.807, 2.05) is 17.0 Å². The minimum absolute atomic E-state index is 0.0328. The second-order valence-corrected chi connectivity index (χ2v) is 6.61. The second kappa shape index (κ2) is 7.17. The summed E-state index contributed by atoms with van der Waals surface area (Å²) in [5, 5.41) is 3.63. The van der Waals surface area contributed by atoms with Crippen LogP contribution in [0.1, 0.15) is 46.5 Å². The van der Waals surface area contributed by atoms with Crippen LogP contribution in [0.15, 0.2) is 24.3 Å². The number of carbonyl (C=O) groups is 1. The van der Waals surface area contributed by atoms with E-state index in [9.17, 15) is 4.79 Å². The summed E-state index contributed by atoms with van der Waals surface area (Å²) in [5.41, 5.74) is 0.808. The van der Waals surface area contributed by atoms with Crippen molar-refractivity contribution in [2.24, 2.45) is 5.92 Å². The fraction of sp³-hybridized carbons (Fsp3) is 0.588. The Kier molecular flexibility index (Phi) is 5.51. The van der Waals surface area contributed by atoms with Crippen molar-refractivity contribution in [1.29, 1.82) is 0 Å². The number of rotatable bonds is 1. The smallest absolute Gasteiger partial charge is 0.318 e. The topological polar surface area (TPSA) is 32.3 Å². The molecule has 1 aromatic carbocycles. The first-order chi connectivity index (χ1) is 10.0. The van der Waals surface area contributed by atoms with Crippen LogP contribution in [0.2, 0.25) is 5.02 Å². The van der Waals surface area contributed by atoms with Crippen molar-refractivity contribution >= 4 is 23.3 Å². The quantitative estimate of drug-likeness (QED) is 0.763. The number of urea groups is 1. The summed E-state index contributed by atoms with van der Waals surface area (Å²) in [6.45, 7) is 6.52. The average Bonchev–Trinajstić information content (AvgIpc) is 2.41. The predicted molar refractivity (Wildman–Crippen MR) is 88.9 cm³/mol. The monoisotopic (exact) mass is 308 g/mol. The van der Waals surface area contributed by atoms with Gasteiger partial charge in [0.05, 0.1) is 0 Å². The van der Waals surface area contributed by atoms with Crippen LogP contribution in [0.25, 0.3) is 0 Å². The van der Waals surface area contributed by atoms with Gasteiger partial charge >= 0.3 is 6.03 Å². The third kappa shape index (κ3) is 3.91. The van der Waals surface area contributed by atoms with Crippen LogP contribution < -0.4 is 5.32 Å². The number of hydrogen-bond donors (Lipinski definition) is 1. The first-order valence-corrected chi connectivity index (χ1v) is 8.27. The summed E-state index contributed by atoms with van der Waals surface area (Å²) in [4.78, 5) is 14.2. The fourth-order valence-corrected chi connectivity index (χ4v) is 3.32. The van der Waals surface area contributed by atoms with Crippen LogP contribution in [-0.2, 0) is 0 Å². The Morgan fingerprint density at radius 1 is 1.19 bits per heavy atom. The van der Waals surface area contributed by atoms with Crippen molar-refractivity contribution in [3.05, 3.63) is 29.3 Å². The maximum atomic E-state index is 12.2. The van der Waals surface area contributed by atoms with Crippen molar-refractivity contribution in [3.63, 3.8) is 0 Å². The number of amides is 2. The van der Waals surface area contributed by atoms with E-state index in [1.165, 1.54) is 12.8 Å². The highest BCUT2D eigenvalue weighted by atomic mass is 35.5. The highest BCUT2D eigenvalue weighted by Gasteiger charge is 2.46. The molecule has 1 aliphatic carbocycles. The van der Waals surface area contributed by atoms with Crippen LogP contribution in [-0.4, -0.2) is 23.0 Å². The lowest BCUT2D eigenvalue weighted by atomic mass is 9.74. The summed E-state index contributed by atoms with van der Waals surface area (Å²) >= 11 is 5.82. The van der Waals surface area contributed by atoms with Gasteiger partial charge < -0.3 is 10.2 Å². The molecule has 2 unspecified atom stereocenters. The summed E-state index contributed by atoms with van der Waals surface area (Å²) in [7, 11) is 0. The van der Waals surface area contributed by atoms with Crippen LogP contribution in [0.5, 0.6) is 0 Å². The van der Waals surface area contributed by atoms with E-state index in [2.05, 4.69) is 26.1 Å². The maximum Gasteiger partial charge on any atom is 0.322 e. The van der Waals surface area contributed by atoms with Gasteiger partial charge in [-0.1, -0.05) is 38.8 Å². The van der Waals surface area contributed by atoms with Gasteiger partial charge in [0.15, 0.2) is 0 Å². The largest absolute Gasteiger partial charge is 0.322 e. The lowest BCUT2D eigenvalue weighted by Gasteiger charge is -2.54. The molecule has 1 aromatic rings. The highest BCUT2D eigenvalue weighted by Crippen LogP contribution is 2.41. The number of piperidine rings is 1. The Bertz CT molecular complexity index is 462. The average molecular weight is 309 g/mol. The van der Waals surface area contributed by atoms with E-state index in [0.717, 1.165) is 24.4 Å². The standard InChI is InChI=1S/C14H17ClN2O.C3H8/c1-9-6-12-8-13(7-9)17(12)14(18)16-11-4-2-10(15)3-5-11;1-3-2/h2-5,9,12-13H,6-8H2,1H3,(H,16,18);3H2,1-2H3/t9?,12-,13?;/m1./s1. The van der Waals surface area contributed by atoms with Crippen molar-refractivity contribution in [2.75, 3.05) is 5.32 Å². The Hall–Kier alpha value is -1.22. The maximum absolute atomic E-state index is 12.2. The minimum Gasteiger partial charge on any atom is -0.318 e. The zero-order valence-electron chi connectivity index (χ0n) is 13.1. The van der Waals surface area contributed by atoms with Crippen molar-refractivity contribution in [2.45, 2.75) is 58.5 Å². The van der Waals surface area contributed by atoms with E-state index < -0.39 is 0 Å². The number of anilines is 1. The molecule has 0 spiro atoms. The van der Waals surface area contributed by atoms with Crippen LogP contribution >= 0.6 is 11.6 Å². The summed E-state index contributed by atoms with van der Waals surface area (Å²) < 4.78 is 0. The lowest BCUT2D eigenvalue weighted by molar-refractivity contribution is -0.00600. The van der Waals surface area contributed by atoms with Gasteiger partial charge in [0.2, 0.25) is 0 Å².